The van der Waals surface area contributed by atoms with Crippen LogP contribution in [0.25, 0.3) is 0 Å². The Labute approximate surface area is 125 Å². The van der Waals surface area contributed by atoms with Crippen LogP contribution in [0.15, 0.2) is 24.3 Å². The lowest BCUT2D eigenvalue weighted by Gasteiger charge is -2.28. The Morgan fingerprint density at radius 3 is 2.65 bits per heavy atom. The van der Waals surface area contributed by atoms with Gasteiger partial charge in [0.15, 0.2) is 0 Å². The van der Waals surface area contributed by atoms with Gasteiger partial charge in [-0.15, -0.1) is 12.4 Å². The zero-order chi connectivity index (χ0) is 14.5. The summed E-state index contributed by atoms with van der Waals surface area (Å²) in [4.78, 5) is 13.6. The van der Waals surface area contributed by atoms with Crippen molar-refractivity contribution >= 4 is 18.3 Å². The van der Waals surface area contributed by atoms with Gasteiger partial charge in [0.2, 0.25) is 5.91 Å². The molecule has 4 nitrogen and oxygen atoms in total. The standard InChI is InChI=1S/C14H21FN2O2.ClH/c1-14(2,10-16)13(18)17(3)7-8-19-12-6-4-5-11(15)9-12;/h4-6,9H,7-8,10,16H2,1-3H3;1H. The maximum absolute atomic E-state index is 12.9. The molecule has 0 saturated carbocycles. The van der Waals surface area contributed by atoms with Crippen LogP contribution >= 0.6 is 12.4 Å². The van der Waals surface area contributed by atoms with Crippen molar-refractivity contribution < 1.29 is 13.9 Å². The molecule has 0 aromatic heterocycles. The first-order valence-corrected chi connectivity index (χ1v) is 6.21. The number of carbonyl (C=O) groups excluding carboxylic acids is 1. The molecular weight excluding hydrogens is 283 g/mol. The largest absolute Gasteiger partial charge is 0.492 e. The number of benzene rings is 1. The monoisotopic (exact) mass is 304 g/mol. The highest BCUT2D eigenvalue weighted by Gasteiger charge is 2.28. The summed E-state index contributed by atoms with van der Waals surface area (Å²) in [5.74, 6) is 0.0861. The molecule has 1 amide bonds. The number of rotatable bonds is 6. The summed E-state index contributed by atoms with van der Waals surface area (Å²) in [7, 11) is 1.70. The Hall–Kier alpha value is -1.33. The van der Waals surface area contributed by atoms with Gasteiger partial charge in [-0.05, 0) is 26.0 Å². The van der Waals surface area contributed by atoms with Gasteiger partial charge in [-0.2, -0.15) is 0 Å². The first kappa shape index (κ1) is 18.7. The van der Waals surface area contributed by atoms with Gasteiger partial charge < -0.3 is 15.4 Å². The van der Waals surface area contributed by atoms with E-state index in [4.69, 9.17) is 10.5 Å². The number of carbonyl (C=O) groups is 1. The topological polar surface area (TPSA) is 55.6 Å². The number of halogens is 2. The Kier molecular flexibility index (Phi) is 7.53. The van der Waals surface area contributed by atoms with Crippen molar-refractivity contribution in [1.29, 1.82) is 0 Å². The molecule has 1 aromatic rings. The molecule has 2 N–H and O–H groups in total. The third kappa shape index (κ3) is 5.35. The van der Waals surface area contributed by atoms with Gasteiger partial charge >= 0.3 is 0 Å². The Morgan fingerprint density at radius 1 is 1.45 bits per heavy atom. The molecule has 1 rings (SSSR count). The van der Waals surface area contributed by atoms with Crippen LogP contribution in [0.5, 0.6) is 5.75 Å². The van der Waals surface area contributed by atoms with E-state index < -0.39 is 5.41 Å². The molecule has 0 bridgehead atoms. The van der Waals surface area contributed by atoms with E-state index in [2.05, 4.69) is 0 Å². The van der Waals surface area contributed by atoms with E-state index in [9.17, 15) is 9.18 Å². The third-order valence-corrected chi connectivity index (χ3v) is 2.93. The van der Waals surface area contributed by atoms with Crippen LogP contribution in [0, 0.1) is 11.2 Å². The summed E-state index contributed by atoms with van der Waals surface area (Å²) >= 11 is 0. The van der Waals surface area contributed by atoms with Crippen molar-refractivity contribution in [3.8, 4) is 5.75 Å². The van der Waals surface area contributed by atoms with Crippen LogP contribution in [-0.4, -0.2) is 37.6 Å². The van der Waals surface area contributed by atoms with E-state index in [1.165, 1.54) is 12.1 Å². The van der Waals surface area contributed by atoms with Gasteiger partial charge in [0.1, 0.15) is 18.2 Å². The minimum atomic E-state index is -0.576. The second-order valence-electron chi connectivity index (χ2n) is 5.12. The molecule has 6 heteroatoms. The van der Waals surface area contributed by atoms with Crippen molar-refractivity contribution in [1.82, 2.24) is 4.90 Å². The molecule has 1 aromatic carbocycles. The van der Waals surface area contributed by atoms with Crippen LogP contribution in [-0.2, 0) is 4.79 Å². The highest BCUT2D eigenvalue weighted by molar-refractivity contribution is 5.85. The Balaban J connectivity index is 0.00000361. The van der Waals surface area contributed by atoms with Crippen molar-refractivity contribution in [2.24, 2.45) is 11.1 Å². The minimum Gasteiger partial charge on any atom is -0.492 e. The maximum Gasteiger partial charge on any atom is 0.229 e. The van der Waals surface area contributed by atoms with Gasteiger partial charge in [0.25, 0.3) is 0 Å². The molecule has 0 saturated heterocycles. The fourth-order valence-corrected chi connectivity index (χ4v) is 1.56. The Bertz CT molecular complexity index is 441. The average molecular weight is 305 g/mol. The smallest absolute Gasteiger partial charge is 0.229 e. The van der Waals surface area contributed by atoms with Crippen molar-refractivity contribution in [3.05, 3.63) is 30.1 Å². The highest BCUT2D eigenvalue weighted by Crippen LogP contribution is 2.16. The average Bonchev–Trinajstić information content (AvgIpc) is 2.37. The van der Waals surface area contributed by atoms with E-state index in [1.807, 2.05) is 0 Å². The molecule has 0 fully saturated rings. The fourth-order valence-electron chi connectivity index (χ4n) is 1.56. The summed E-state index contributed by atoms with van der Waals surface area (Å²) in [6.45, 7) is 4.64. The first-order chi connectivity index (χ1) is 8.86. The number of amides is 1. The number of hydrogen-bond acceptors (Lipinski definition) is 3. The van der Waals surface area contributed by atoms with Gasteiger partial charge in [0, 0.05) is 19.7 Å². The molecule has 0 radical (unpaired) electrons. The highest BCUT2D eigenvalue weighted by atomic mass is 35.5. The lowest BCUT2D eigenvalue weighted by atomic mass is 9.92. The lowest BCUT2D eigenvalue weighted by molar-refractivity contribution is -0.138. The fraction of sp³-hybridized carbons (Fsp3) is 0.500. The second kappa shape index (κ2) is 8.07. The number of nitrogens with two attached hydrogens (primary N) is 1. The predicted octanol–water partition coefficient (Wildman–Crippen LogP) is 2.07. The van der Waals surface area contributed by atoms with Crippen LogP contribution in [0.2, 0.25) is 0 Å². The van der Waals surface area contributed by atoms with E-state index in [-0.39, 0.29) is 24.1 Å². The zero-order valence-electron chi connectivity index (χ0n) is 12.1. The molecule has 0 aliphatic carbocycles. The minimum absolute atomic E-state index is 0. The lowest BCUT2D eigenvalue weighted by Crippen LogP contribution is -2.44. The number of nitrogens with zero attached hydrogens (tertiary/aromatic N) is 1. The maximum atomic E-state index is 12.9. The van der Waals surface area contributed by atoms with Gasteiger partial charge in [-0.3, -0.25) is 4.79 Å². The molecule has 0 atom stereocenters. The van der Waals surface area contributed by atoms with Crippen LogP contribution < -0.4 is 10.5 Å². The summed E-state index contributed by atoms with van der Waals surface area (Å²) in [5, 5.41) is 0. The molecule has 114 valence electrons. The normalized spacial score (nSPS) is 10.7. The Morgan fingerprint density at radius 2 is 2.10 bits per heavy atom. The van der Waals surface area contributed by atoms with Crippen molar-refractivity contribution in [2.75, 3.05) is 26.7 Å². The van der Waals surface area contributed by atoms with E-state index in [1.54, 1.807) is 37.9 Å². The first-order valence-electron chi connectivity index (χ1n) is 6.21. The van der Waals surface area contributed by atoms with Gasteiger partial charge in [0.05, 0.1) is 12.0 Å². The number of ether oxygens (including phenoxy) is 1. The molecule has 0 aliphatic rings. The molecule has 0 unspecified atom stereocenters. The molecule has 0 aliphatic heterocycles. The second-order valence-corrected chi connectivity index (χ2v) is 5.12. The predicted molar refractivity (Wildman–Crippen MR) is 79.6 cm³/mol. The molecule has 0 heterocycles. The molecular formula is C14H22ClFN2O2. The van der Waals surface area contributed by atoms with Gasteiger partial charge in [-0.25, -0.2) is 4.39 Å². The van der Waals surface area contributed by atoms with Crippen molar-refractivity contribution in [2.45, 2.75) is 13.8 Å². The van der Waals surface area contributed by atoms with Crippen LogP contribution in [0.3, 0.4) is 0 Å². The third-order valence-electron chi connectivity index (χ3n) is 2.93. The summed E-state index contributed by atoms with van der Waals surface area (Å²) in [5.41, 5.74) is 4.99. The number of hydrogen-bond donors (Lipinski definition) is 1. The van der Waals surface area contributed by atoms with E-state index in [0.29, 0.717) is 25.4 Å². The van der Waals surface area contributed by atoms with Crippen LogP contribution in [0.4, 0.5) is 4.39 Å². The summed E-state index contributed by atoms with van der Waals surface area (Å²) in [6, 6.07) is 5.92. The van der Waals surface area contributed by atoms with Crippen molar-refractivity contribution in [3.63, 3.8) is 0 Å². The number of likely N-dealkylation sites (N-methyl/N-ethyl adjacent to an activating group) is 1. The SMILES string of the molecule is CN(CCOc1cccc(F)c1)C(=O)C(C)(C)CN.Cl. The molecule has 20 heavy (non-hydrogen) atoms. The summed E-state index contributed by atoms with van der Waals surface area (Å²) in [6.07, 6.45) is 0. The van der Waals surface area contributed by atoms with E-state index >= 15 is 0 Å². The van der Waals surface area contributed by atoms with E-state index in [0.717, 1.165) is 0 Å². The zero-order valence-corrected chi connectivity index (χ0v) is 12.9. The molecule has 0 spiro atoms. The quantitative estimate of drug-likeness (QED) is 0.875. The van der Waals surface area contributed by atoms with Gasteiger partial charge in [-0.1, -0.05) is 6.07 Å². The van der Waals surface area contributed by atoms with Crippen LogP contribution in [0.1, 0.15) is 13.8 Å². The summed E-state index contributed by atoms with van der Waals surface area (Å²) < 4.78 is 18.3.